The Morgan fingerprint density at radius 1 is 1.10 bits per heavy atom. The monoisotopic (exact) mass is 460 g/mol. The fourth-order valence-electron chi connectivity index (χ4n) is 3.43. The summed E-state index contributed by atoms with van der Waals surface area (Å²) in [5, 5.41) is 4.20. The highest BCUT2D eigenvalue weighted by Gasteiger charge is 2.23. The highest BCUT2D eigenvalue weighted by Crippen LogP contribution is 2.33. The third-order valence-corrected chi connectivity index (χ3v) is 5.96. The maximum atomic E-state index is 13.3. The molecule has 164 valence electrons. The van der Waals surface area contributed by atoms with Crippen molar-refractivity contribution in [3.63, 3.8) is 0 Å². The van der Waals surface area contributed by atoms with Crippen LogP contribution in [0.4, 0.5) is 11.4 Å². The molecule has 0 aliphatic carbocycles. The second kappa shape index (κ2) is 10.1. The number of methoxy groups -OCH3 is 2. The Hall–Kier alpha value is -2.71. The highest BCUT2D eigenvalue weighted by molar-refractivity contribution is 7.99. The lowest BCUT2D eigenvalue weighted by atomic mass is 10.1. The summed E-state index contributed by atoms with van der Waals surface area (Å²) in [6, 6.07) is 9.41. The van der Waals surface area contributed by atoms with Crippen LogP contribution in [0.1, 0.15) is 16.1 Å². The van der Waals surface area contributed by atoms with Gasteiger partial charge in [-0.1, -0.05) is 0 Å². The Morgan fingerprint density at radius 2 is 1.77 bits per heavy atom. The van der Waals surface area contributed by atoms with Crippen molar-refractivity contribution < 1.29 is 14.3 Å². The van der Waals surface area contributed by atoms with E-state index in [1.165, 1.54) is 0 Å². The van der Waals surface area contributed by atoms with Crippen molar-refractivity contribution in [2.24, 2.45) is 0 Å². The molecule has 1 N–H and O–H groups in total. The van der Waals surface area contributed by atoms with Crippen molar-refractivity contribution in [1.29, 1.82) is 0 Å². The molecule has 0 bridgehead atoms. The Labute approximate surface area is 191 Å². The molecule has 31 heavy (non-hydrogen) atoms. The average Bonchev–Trinajstić information content (AvgIpc) is 2.79. The quantitative estimate of drug-likeness (QED) is 0.607. The third-order valence-electron chi connectivity index (χ3n) is 5.02. The van der Waals surface area contributed by atoms with Gasteiger partial charge in [0, 0.05) is 65.8 Å². The summed E-state index contributed by atoms with van der Waals surface area (Å²) < 4.78 is 10.8. The summed E-state index contributed by atoms with van der Waals surface area (Å²) in [5.74, 6) is 3.19. The zero-order valence-electron chi connectivity index (χ0n) is 17.7. The van der Waals surface area contributed by atoms with Gasteiger partial charge in [0.05, 0.1) is 25.5 Å². The van der Waals surface area contributed by atoms with Gasteiger partial charge in [-0.3, -0.25) is 4.79 Å². The second-order valence-electron chi connectivity index (χ2n) is 7.00. The Bertz CT molecular complexity index is 1070. The number of thioether (sulfide) groups is 1. The van der Waals surface area contributed by atoms with Gasteiger partial charge in [0.25, 0.3) is 5.91 Å². The normalized spacial score (nSPS) is 13.5. The number of amides is 1. The van der Waals surface area contributed by atoms with E-state index in [9.17, 15) is 4.79 Å². The zero-order chi connectivity index (χ0) is 21.1. The van der Waals surface area contributed by atoms with Crippen LogP contribution >= 0.6 is 24.2 Å². The van der Waals surface area contributed by atoms with Crippen molar-refractivity contribution in [3.05, 3.63) is 47.8 Å². The summed E-state index contributed by atoms with van der Waals surface area (Å²) in [6.45, 7) is 3.39. The molecule has 1 aliphatic rings. The number of carbonyl (C=O) groups is 1. The molecule has 1 fully saturated rings. The minimum atomic E-state index is -0.0253. The number of pyridine rings is 2. The molecule has 0 saturated carbocycles. The molecule has 3 aromatic rings. The van der Waals surface area contributed by atoms with Gasteiger partial charge in [-0.05, 0) is 19.1 Å². The van der Waals surface area contributed by atoms with Crippen LogP contribution in [-0.2, 0) is 0 Å². The van der Waals surface area contributed by atoms with Crippen molar-refractivity contribution >= 4 is 52.5 Å². The number of fused-ring (bicyclic) bond motifs is 1. The van der Waals surface area contributed by atoms with E-state index in [0.29, 0.717) is 28.4 Å². The van der Waals surface area contributed by atoms with E-state index in [1.807, 2.05) is 47.9 Å². The van der Waals surface area contributed by atoms with Crippen LogP contribution in [0, 0.1) is 6.92 Å². The first-order chi connectivity index (χ1) is 14.6. The number of nitrogens with zero attached hydrogens (tertiary/aromatic N) is 3. The Morgan fingerprint density at radius 3 is 2.42 bits per heavy atom. The standard InChI is InChI=1S/C22H24N4O3S.ClH/c1-14-4-5-18-20(25-15-10-16(28-2)12-17(11-15)29-3)19(13-23-21(18)24-14)22(27)26-6-8-30-9-7-26;/h4-5,10-13H,6-9H2,1-3H3,(H,23,24,25);1H. The average molecular weight is 461 g/mol. The molecule has 1 saturated heterocycles. The summed E-state index contributed by atoms with van der Waals surface area (Å²) in [5.41, 5.74) is 3.43. The van der Waals surface area contributed by atoms with Gasteiger partial charge >= 0.3 is 0 Å². The second-order valence-corrected chi connectivity index (χ2v) is 8.23. The third kappa shape index (κ3) is 4.97. The van der Waals surface area contributed by atoms with Crippen LogP contribution in [-0.4, -0.2) is 59.6 Å². The number of aryl methyl sites for hydroxylation is 1. The lowest BCUT2D eigenvalue weighted by Gasteiger charge is -2.27. The molecule has 0 unspecified atom stereocenters. The van der Waals surface area contributed by atoms with Gasteiger partial charge in [0.1, 0.15) is 11.5 Å². The number of anilines is 2. The molecule has 3 heterocycles. The molecule has 1 aliphatic heterocycles. The van der Waals surface area contributed by atoms with Crippen molar-refractivity contribution in [2.45, 2.75) is 6.92 Å². The van der Waals surface area contributed by atoms with Crippen LogP contribution in [0.5, 0.6) is 11.5 Å². The largest absolute Gasteiger partial charge is 0.497 e. The Balaban J connectivity index is 0.00000272. The highest BCUT2D eigenvalue weighted by atomic mass is 35.5. The van der Waals surface area contributed by atoms with Gasteiger partial charge in [0.15, 0.2) is 5.65 Å². The van der Waals surface area contributed by atoms with Crippen molar-refractivity contribution in [2.75, 3.05) is 44.1 Å². The lowest BCUT2D eigenvalue weighted by Crippen LogP contribution is -2.38. The molecule has 4 rings (SSSR count). The maximum absolute atomic E-state index is 13.3. The predicted octanol–water partition coefficient (Wildman–Crippen LogP) is 4.31. The summed E-state index contributed by atoms with van der Waals surface area (Å²) in [7, 11) is 3.22. The first kappa shape index (κ1) is 23.0. The van der Waals surface area contributed by atoms with E-state index in [2.05, 4.69) is 15.3 Å². The van der Waals surface area contributed by atoms with E-state index >= 15 is 0 Å². The number of nitrogens with one attached hydrogen (secondary N) is 1. The molecule has 0 spiro atoms. The number of hydrogen-bond acceptors (Lipinski definition) is 7. The fraction of sp³-hybridized carbons (Fsp3) is 0.318. The van der Waals surface area contributed by atoms with Gasteiger partial charge in [-0.25, -0.2) is 9.97 Å². The SMILES string of the molecule is COc1cc(Nc2c(C(=O)N3CCSCC3)cnc3nc(C)ccc23)cc(OC)c1.Cl. The molecule has 0 atom stereocenters. The van der Waals surface area contributed by atoms with Crippen LogP contribution < -0.4 is 14.8 Å². The summed E-state index contributed by atoms with van der Waals surface area (Å²) in [4.78, 5) is 24.2. The smallest absolute Gasteiger partial charge is 0.257 e. The van der Waals surface area contributed by atoms with E-state index in [0.717, 1.165) is 41.4 Å². The van der Waals surface area contributed by atoms with E-state index < -0.39 is 0 Å². The number of hydrogen-bond donors (Lipinski definition) is 1. The number of rotatable bonds is 5. The predicted molar refractivity (Wildman–Crippen MR) is 128 cm³/mol. The molecule has 0 radical (unpaired) electrons. The number of ether oxygens (including phenoxy) is 2. The van der Waals surface area contributed by atoms with E-state index in [1.54, 1.807) is 26.5 Å². The van der Waals surface area contributed by atoms with Gasteiger partial charge in [-0.2, -0.15) is 11.8 Å². The zero-order valence-corrected chi connectivity index (χ0v) is 19.3. The maximum Gasteiger partial charge on any atom is 0.257 e. The minimum Gasteiger partial charge on any atom is -0.497 e. The van der Waals surface area contributed by atoms with Crippen molar-refractivity contribution in [3.8, 4) is 11.5 Å². The molecule has 1 aromatic carbocycles. The van der Waals surface area contributed by atoms with Crippen LogP contribution in [0.2, 0.25) is 0 Å². The van der Waals surface area contributed by atoms with Crippen molar-refractivity contribution in [1.82, 2.24) is 14.9 Å². The van der Waals surface area contributed by atoms with Gasteiger partial charge in [-0.15, -0.1) is 12.4 Å². The molecule has 2 aromatic heterocycles. The molecule has 7 nitrogen and oxygen atoms in total. The first-order valence-corrected chi connectivity index (χ1v) is 10.9. The van der Waals surface area contributed by atoms with Crippen LogP contribution in [0.15, 0.2) is 36.5 Å². The van der Waals surface area contributed by atoms with E-state index in [-0.39, 0.29) is 18.3 Å². The number of carbonyl (C=O) groups excluding carboxylic acids is 1. The van der Waals surface area contributed by atoms with E-state index in [4.69, 9.17) is 9.47 Å². The molecular weight excluding hydrogens is 436 g/mol. The van der Waals surface area contributed by atoms with Gasteiger partial charge in [0.2, 0.25) is 0 Å². The first-order valence-electron chi connectivity index (χ1n) is 9.72. The number of aromatic nitrogens is 2. The summed E-state index contributed by atoms with van der Waals surface area (Å²) in [6.07, 6.45) is 1.62. The molecule has 1 amide bonds. The fourth-order valence-corrected chi connectivity index (χ4v) is 4.33. The van der Waals surface area contributed by atoms with Gasteiger partial charge < -0.3 is 19.7 Å². The lowest BCUT2D eigenvalue weighted by molar-refractivity contribution is 0.0773. The number of benzene rings is 1. The topological polar surface area (TPSA) is 76.6 Å². The Kier molecular flexibility index (Phi) is 7.46. The van der Waals surface area contributed by atoms with Crippen LogP contribution in [0.25, 0.3) is 11.0 Å². The molecular formula is C22H25ClN4O3S. The number of halogens is 1. The minimum absolute atomic E-state index is 0. The summed E-state index contributed by atoms with van der Waals surface area (Å²) >= 11 is 1.87. The molecule has 9 heteroatoms. The van der Waals surface area contributed by atoms with Crippen LogP contribution in [0.3, 0.4) is 0 Å².